The van der Waals surface area contributed by atoms with Crippen molar-refractivity contribution in [3.63, 3.8) is 0 Å². The van der Waals surface area contributed by atoms with E-state index in [9.17, 15) is 0 Å². The summed E-state index contributed by atoms with van der Waals surface area (Å²) in [5.41, 5.74) is 6.19. The summed E-state index contributed by atoms with van der Waals surface area (Å²) in [6.45, 7) is 7.14. The fraction of sp³-hybridized carbons (Fsp3) is 1.00. The summed E-state index contributed by atoms with van der Waals surface area (Å²) in [5.74, 6) is 0.862. The molecule has 17 heavy (non-hydrogen) atoms. The fourth-order valence-corrected chi connectivity index (χ4v) is 4.05. The van der Waals surface area contributed by atoms with Crippen LogP contribution >= 0.6 is 0 Å². The SMILES string of the molecule is CCC(C)CC(C)N1C2CCCC1CC(N)C2. The van der Waals surface area contributed by atoms with E-state index in [0.29, 0.717) is 6.04 Å². The van der Waals surface area contributed by atoms with Crippen LogP contribution < -0.4 is 5.73 Å². The molecule has 0 aromatic rings. The van der Waals surface area contributed by atoms with E-state index in [-0.39, 0.29) is 0 Å². The lowest BCUT2D eigenvalue weighted by Crippen LogP contribution is -2.58. The van der Waals surface area contributed by atoms with Gasteiger partial charge in [-0.3, -0.25) is 4.90 Å². The summed E-state index contributed by atoms with van der Waals surface area (Å²) in [6, 6.07) is 2.80. The van der Waals surface area contributed by atoms with E-state index < -0.39 is 0 Å². The normalized spacial score (nSPS) is 37.8. The van der Waals surface area contributed by atoms with Crippen LogP contribution in [0.25, 0.3) is 0 Å². The van der Waals surface area contributed by atoms with Gasteiger partial charge in [0.25, 0.3) is 0 Å². The van der Waals surface area contributed by atoms with Gasteiger partial charge in [-0.1, -0.05) is 26.7 Å². The first-order chi connectivity index (χ1) is 8.11. The lowest BCUT2D eigenvalue weighted by molar-refractivity contribution is -0.00641. The van der Waals surface area contributed by atoms with Gasteiger partial charge in [0.1, 0.15) is 0 Å². The largest absolute Gasteiger partial charge is 0.328 e. The second kappa shape index (κ2) is 5.71. The molecule has 100 valence electrons. The number of hydrogen-bond acceptors (Lipinski definition) is 2. The molecule has 0 saturated carbocycles. The van der Waals surface area contributed by atoms with Crippen molar-refractivity contribution in [1.29, 1.82) is 0 Å². The highest BCUT2D eigenvalue weighted by Crippen LogP contribution is 2.36. The molecule has 2 aliphatic heterocycles. The molecular weight excluding hydrogens is 208 g/mol. The molecule has 0 spiro atoms. The second-order valence-corrected chi connectivity index (χ2v) is 6.52. The first-order valence-corrected chi connectivity index (χ1v) is 7.64. The van der Waals surface area contributed by atoms with Gasteiger partial charge in [-0.25, -0.2) is 0 Å². The number of fused-ring (bicyclic) bond motifs is 2. The van der Waals surface area contributed by atoms with Crippen LogP contribution in [0, 0.1) is 5.92 Å². The average molecular weight is 238 g/mol. The Morgan fingerprint density at radius 3 is 2.29 bits per heavy atom. The van der Waals surface area contributed by atoms with Crippen molar-refractivity contribution in [2.24, 2.45) is 11.7 Å². The highest BCUT2D eigenvalue weighted by Gasteiger charge is 2.39. The molecule has 4 atom stereocenters. The van der Waals surface area contributed by atoms with Gasteiger partial charge in [0.2, 0.25) is 0 Å². The van der Waals surface area contributed by atoms with Crippen LogP contribution in [0.2, 0.25) is 0 Å². The smallest absolute Gasteiger partial charge is 0.0116 e. The van der Waals surface area contributed by atoms with Gasteiger partial charge in [0, 0.05) is 24.2 Å². The third kappa shape index (κ3) is 3.03. The quantitative estimate of drug-likeness (QED) is 0.815. The lowest BCUT2D eigenvalue weighted by atomic mass is 9.80. The van der Waals surface area contributed by atoms with Crippen molar-refractivity contribution >= 4 is 0 Å². The highest BCUT2D eigenvalue weighted by molar-refractivity contribution is 4.96. The highest BCUT2D eigenvalue weighted by atomic mass is 15.2. The summed E-state index contributed by atoms with van der Waals surface area (Å²) in [7, 11) is 0. The topological polar surface area (TPSA) is 29.3 Å². The van der Waals surface area contributed by atoms with Crippen LogP contribution in [-0.4, -0.2) is 29.1 Å². The summed E-state index contributed by atoms with van der Waals surface area (Å²) < 4.78 is 0. The molecule has 0 amide bonds. The summed E-state index contributed by atoms with van der Waals surface area (Å²) >= 11 is 0. The first-order valence-electron chi connectivity index (χ1n) is 7.64. The number of piperidine rings is 2. The van der Waals surface area contributed by atoms with E-state index in [1.807, 2.05) is 0 Å². The molecule has 2 heterocycles. The molecule has 2 saturated heterocycles. The molecule has 2 fully saturated rings. The van der Waals surface area contributed by atoms with Crippen molar-refractivity contribution < 1.29 is 0 Å². The Morgan fingerprint density at radius 2 is 1.76 bits per heavy atom. The zero-order chi connectivity index (χ0) is 12.4. The number of nitrogens with two attached hydrogens (primary N) is 1. The van der Waals surface area contributed by atoms with E-state index in [0.717, 1.165) is 24.0 Å². The minimum absolute atomic E-state index is 0.470. The average Bonchev–Trinajstić information content (AvgIpc) is 2.27. The van der Waals surface area contributed by atoms with Gasteiger partial charge in [-0.2, -0.15) is 0 Å². The van der Waals surface area contributed by atoms with Crippen molar-refractivity contribution in [3.8, 4) is 0 Å². The van der Waals surface area contributed by atoms with Gasteiger partial charge in [-0.05, 0) is 44.9 Å². The molecule has 2 bridgehead atoms. The van der Waals surface area contributed by atoms with Crippen LogP contribution in [0.4, 0.5) is 0 Å². The molecule has 2 rings (SSSR count). The van der Waals surface area contributed by atoms with Crippen LogP contribution in [0.3, 0.4) is 0 Å². The van der Waals surface area contributed by atoms with Gasteiger partial charge in [0.05, 0.1) is 0 Å². The molecule has 2 heteroatoms. The zero-order valence-electron chi connectivity index (χ0n) is 11.9. The maximum atomic E-state index is 6.19. The van der Waals surface area contributed by atoms with Crippen LogP contribution in [0.5, 0.6) is 0 Å². The minimum atomic E-state index is 0.470. The molecule has 0 aromatic heterocycles. The predicted molar refractivity (Wildman–Crippen MR) is 74.0 cm³/mol. The standard InChI is InChI=1S/C15H30N2/c1-4-11(2)8-12(3)17-14-6-5-7-15(17)10-13(16)9-14/h11-15H,4-10,16H2,1-3H3. The van der Waals surface area contributed by atoms with Gasteiger partial charge in [-0.15, -0.1) is 0 Å². The van der Waals surface area contributed by atoms with Gasteiger partial charge in [0.15, 0.2) is 0 Å². The molecule has 0 aromatic carbocycles. The Bertz CT molecular complexity index is 227. The number of nitrogens with zero attached hydrogens (tertiary/aromatic N) is 1. The van der Waals surface area contributed by atoms with Crippen LogP contribution in [-0.2, 0) is 0 Å². The van der Waals surface area contributed by atoms with Crippen molar-refractivity contribution in [3.05, 3.63) is 0 Å². The van der Waals surface area contributed by atoms with Crippen molar-refractivity contribution in [2.45, 2.75) is 89.9 Å². The Labute approximate surface area is 107 Å². The summed E-state index contributed by atoms with van der Waals surface area (Å²) in [5, 5.41) is 0. The third-order valence-corrected chi connectivity index (χ3v) is 5.02. The Kier molecular flexibility index (Phi) is 4.48. The third-order valence-electron chi connectivity index (χ3n) is 5.02. The van der Waals surface area contributed by atoms with Crippen LogP contribution in [0.1, 0.15) is 65.7 Å². The molecule has 2 aliphatic rings. The second-order valence-electron chi connectivity index (χ2n) is 6.52. The van der Waals surface area contributed by atoms with Gasteiger partial charge < -0.3 is 5.73 Å². The molecule has 0 aliphatic carbocycles. The Hall–Kier alpha value is -0.0800. The molecule has 2 N–H and O–H groups in total. The number of rotatable bonds is 4. The van der Waals surface area contributed by atoms with Crippen molar-refractivity contribution in [2.75, 3.05) is 0 Å². The minimum Gasteiger partial charge on any atom is -0.328 e. The van der Waals surface area contributed by atoms with E-state index in [1.54, 1.807) is 0 Å². The molecule has 0 radical (unpaired) electrons. The zero-order valence-corrected chi connectivity index (χ0v) is 11.9. The number of hydrogen-bond donors (Lipinski definition) is 1. The van der Waals surface area contributed by atoms with Crippen LogP contribution in [0.15, 0.2) is 0 Å². The van der Waals surface area contributed by atoms with E-state index >= 15 is 0 Å². The molecule has 4 unspecified atom stereocenters. The first kappa shape index (κ1) is 13.4. The monoisotopic (exact) mass is 238 g/mol. The summed E-state index contributed by atoms with van der Waals surface area (Å²) in [4.78, 5) is 2.83. The summed E-state index contributed by atoms with van der Waals surface area (Å²) in [6.07, 6.45) is 9.34. The van der Waals surface area contributed by atoms with E-state index in [1.165, 1.54) is 44.9 Å². The van der Waals surface area contributed by atoms with Gasteiger partial charge >= 0.3 is 0 Å². The fourth-order valence-electron chi connectivity index (χ4n) is 4.05. The Morgan fingerprint density at radius 1 is 1.18 bits per heavy atom. The van der Waals surface area contributed by atoms with E-state index in [2.05, 4.69) is 25.7 Å². The lowest BCUT2D eigenvalue weighted by Gasteiger charge is -2.51. The molecule has 2 nitrogen and oxygen atoms in total. The maximum absolute atomic E-state index is 6.19. The maximum Gasteiger partial charge on any atom is 0.0116 e. The Balaban J connectivity index is 1.99. The van der Waals surface area contributed by atoms with E-state index in [4.69, 9.17) is 5.73 Å². The molecular formula is C15H30N2. The van der Waals surface area contributed by atoms with Crippen molar-refractivity contribution in [1.82, 2.24) is 4.90 Å². The predicted octanol–water partition coefficient (Wildman–Crippen LogP) is 3.16.